The quantitative estimate of drug-likeness (QED) is 0.249. The summed E-state index contributed by atoms with van der Waals surface area (Å²) in [6.45, 7) is 7.05. The molecule has 0 spiro atoms. The van der Waals surface area contributed by atoms with Crippen LogP contribution in [0.15, 0.2) is 45.6 Å². The van der Waals surface area contributed by atoms with Crippen LogP contribution < -0.4 is 10.1 Å². The highest BCUT2D eigenvalue weighted by Gasteiger charge is 2.13. The second kappa shape index (κ2) is 13.4. The van der Waals surface area contributed by atoms with Crippen molar-refractivity contribution in [2.45, 2.75) is 33.1 Å². The van der Waals surface area contributed by atoms with Crippen LogP contribution in [-0.2, 0) is 0 Å². The number of thiazole rings is 1. The molecule has 172 valence electrons. The molecule has 0 saturated heterocycles. The topological polar surface area (TPSA) is 59.7 Å². The lowest BCUT2D eigenvalue weighted by molar-refractivity contribution is 0.295. The lowest BCUT2D eigenvalue weighted by Crippen LogP contribution is -1.99. The summed E-state index contributed by atoms with van der Waals surface area (Å²) < 4.78 is 31.0. The molecular formula is C24H29F2N3O2S. The molecule has 1 aromatic carbocycles. The first-order valence-corrected chi connectivity index (χ1v) is 11.2. The van der Waals surface area contributed by atoms with Crippen molar-refractivity contribution in [3.63, 3.8) is 0 Å². The number of rotatable bonds is 10. The van der Waals surface area contributed by atoms with E-state index in [4.69, 9.17) is 9.15 Å². The Kier molecular flexibility index (Phi) is 10.6. The Bertz CT molecular complexity index is 1010. The summed E-state index contributed by atoms with van der Waals surface area (Å²) in [5, 5.41) is 6.14. The molecule has 0 aliphatic rings. The maximum absolute atomic E-state index is 9.62. The van der Waals surface area contributed by atoms with Crippen LogP contribution in [0.3, 0.4) is 0 Å². The Hall–Kier alpha value is -3.00. The third kappa shape index (κ3) is 7.30. The molecule has 2 heterocycles. The molecule has 1 N–H and O–H groups in total. The lowest BCUT2D eigenvalue weighted by atomic mass is 10.2. The van der Waals surface area contributed by atoms with Crippen LogP contribution in [0, 0.1) is 6.92 Å². The predicted molar refractivity (Wildman–Crippen MR) is 130 cm³/mol. The number of hydrogen-bond donors (Lipinski definition) is 1. The molecule has 2 aromatic heterocycles. The average molecular weight is 462 g/mol. The molecule has 32 heavy (non-hydrogen) atoms. The van der Waals surface area contributed by atoms with E-state index in [9.17, 15) is 8.78 Å². The standard InChI is InChI=1S/C23H27N3O2S.CH2F2/c1-5-7-8-11-27-21-10-9-18(12-16(21)3)25-23-26-19(15-29-23)22-13-17(14-24-4)20(6-2)28-22;2-1-3/h6,9-10,12-15H,2,5,7-8,11H2,1,3-4H3,(H,25,26);1H2. The van der Waals surface area contributed by atoms with Crippen molar-refractivity contribution in [1.82, 2.24) is 4.98 Å². The number of aromatic nitrogens is 1. The molecule has 0 atom stereocenters. The smallest absolute Gasteiger partial charge is 0.229 e. The van der Waals surface area contributed by atoms with Crippen molar-refractivity contribution in [1.29, 1.82) is 0 Å². The van der Waals surface area contributed by atoms with E-state index in [1.54, 1.807) is 19.3 Å². The number of anilines is 2. The van der Waals surface area contributed by atoms with Gasteiger partial charge < -0.3 is 14.5 Å². The van der Waals surface area contributed by atoms with Crippen molar-refractivity contribution in [2.75, 3.05) is 25.9 Å². The maximum atomic E-state index is 9.62. The molecular weight excluding hydrogens is 432 g/mol. The summed E-state index contributed by atoms with van der Waals surface area (Å²) in [5.41, 5.74) is 3.76. The molecule has 0 unspecified atom stereocenters. The number of aliphatic imine (C=N–C) groups is 1. The molecule has 8 heteroatoms. The van der Waals surface area contributed by atoms with Crippen molar-refractivity contribution < 1.29 is 17.9 Å². The van der Waals surface area contributed by atoms with Gasteiger partial charge in [0.05, 0.1) is 6.61 Å². The summed E-state index contributed by atoms with van der Waals surface area (Å²) in [7, 11) is 1.73. The van der Waals surface area contributed by atoms with E-state index < -0.39 is 6.93 Å². The van der Waals surface area contributed by atoms with E-state index >= 15 is 0 Å². The van der Waals surface area contributed by atoms with Crippen molar-refractivity contribution in [3.8, 4) is 17.2 Å². The van der Waals surface area contributed by atoms with E-state index in [0.717, 1.165) is 46.4 Å². The number of unbranched alkanes of at least 4 members (excludes halogenated alkanes) is 2. The van der Waals surface area contributed by atoms with Gasteiger partial charge in [0, 0.05) is 29.9 Å². The fourth-order valence-corrected chi connectivity index (χ4v) is 3.66. The van der Waals surface area contributed by atoms with E-state index in [0.29, 0.717) is 11.5 Å². The number of halogens is 2. The average Bonchev–Trinajstić information content (AvgIpc) is 3.40. The normalized spacial score (nSPS) is 10.7. The highest BCUT2D eigenvalue weighted by Crippen LogP contribution is 2.31. The highest BCUT2D eigenvalue weighted by molar-refractivity contribution is 7.14. The van der Waals surface area contributed by atoms with Crippen LogP contribution >= 0.6 is 11.3 Å². The minimum absolute atomic E-state index is 0.693. The summed E-state index contributed by atoms with van der Waals surface area (Å²) in [5.74, 6) is 2.33. The first-order valence-electron chi connectivity index (χ1n) is 10.3. The summed E-state index contributed by atoms with van der Waals surface area (Å²) in [6.07, 6.45) is 6.91. The predicted octanol–water partition coefficient (Wildman–Crippen LogP) is 7.60. The van der Waals surface area contributed by atoms with Gasteiger partial charge in [-0.25, -0.2) is 13.8 Å². The first kappa shape index (κ1) is 25.3. The van der Waals surface area contributed by atoms with Gasteiger partial charge in [0.2, 0.25) is 6.93 Å². The van der Waals surface area contributed by atoms with Gasteiger partial charge in [-0.2, -0.15) is 0 Å². The minimum Gasteiger partial charge on any atom is -0.493 e. The van der Waals surface area contributed by atoms with Gasteiger partial charge in [-0.15, -0.1) is 11.3 Å². The van der Waals surface area contributed by atoms with Gasteiger partial charge >= 0.3 is 0 Å². The van der Waals surface area contributed by atoms with E-state index in [2.05, 4.69) is 41.8 Å². The Labute approximate surface area is 191 Å². The van der Waals surface area contributed by atoms with E-state index in [1.807, 2.05) is 23.6 Å². The summed E-state index contributed by atoms with van der Waals surface area (Å²) in [4.78, 5) is 8.70. The second-order valence-electron chi connectivity index (χ2n) is 6.82. The number of nitrogens with one attached hydrogen (secondary N) is 1. The third-order valence-electron chi connectivity index (χ3n) is 4.43. The number of ether oxygens (including phenoxy) is 1. The summed E-state index contributed by atoms with van der Waals surface area (Å²) >= 11 is 1.53. The number of benzene rings is 1. The Morgan fingerprint density at radius 3 is 2.72 bits per heavy atom. The largest absolute Gasteiger partial charge is 0.493 e. The third-order valence-corrected chi connectivity index (χ3v) is 5.19. The van der Waals surface area contributed by atoms with Crippen molar-refractivity contribution in [2.24, 2.45) is 4.99 Å². The molecule has 3 rings (SSSR count). The first-order chi connectivity index (χ1) is 15.6. The molecule has 0 fully saturated rings. The van der Waals surface area contributed by atoms with Gasteiger partial charge in [-0.1, -0.05) is 26.3 Å². The lowest BCUT2D eigenvalue weighted by Gasteiger charge is -2.11. The van der Waals surface area contributed by atoms with Gasteiger partial charge in [-0.3, -0.25) is 4.99 Å². The molecule has 5 nitrogen and oxygen atoms in total. The number of hydrogen-bond acceptors (Lipinski definition) is 6. The zero-order chi connectivity index (χ0) is 23.3. The van der Waals surface area contributed by atoms with Crippen LogP contribution in [-0.4, -0.2) is 31.8 Å². The van der Waals surface area contributed by atoms with Gasteiger partial charge in [-0.05, 0) is 49.2 Å². The number of aryl methyl sites for hydroxylation is 1. The molecule has 0 amide bonds. The zero-order valence-electron chi connectivity index (χ0n) is 18.7. The van der Waals surface area contributed by atoms with Gasteiger partial charge in [0.15, 0.2) is 10.9 Å². The molecule has 3 aromatic rings. The van der Waals surface area contributed by atoms with Crippen LogP contribution in [0.5, 0.6) is 5.75 Å². The van der Waals surface area contributed by atoms with Crippen molar-refractivity contribution in [3.05, 3.63) is 53.1 Å². The van der Waals surface area contributed by atoms with Crippen molar-refractivity contribution >= 4 is 34.4 Å². The van der Waals surface area contributed by atoms with E-state index in [1.165, 1.54) is 24.2 Å². The van der Waals surface area contributed by atoms with Crippen LogP contribution in [0.4, 0.5) is 19.6 Å². The highest BCUT2D eigenvalue weighted by atomic mass is 32.1. The number of alkyl halides is 2. The molecule has 0 bridgehead atoms. The monoisotopic (exact) mass is 461 g/mol. The molecule has 0 radical (unpaired) electrons. The summed E-state index contributed by atoms with van der Waals surface area (Å²) in [6, 6.07) is 8.03. The van der Waals surface area contributed by atoms with Crippen LogP contribution in [0.1, 0.15) is 43.1 Å². The molecule has 0 aliphatic heterocycles. The fraction of sp³-hybridized carbons (Fsp3) is 0.333. The van der Waals surface area contributed by atoms with Crippen LogP contribution in [0.25, 0.3) is 17.5 Å². The number of furan rings is 1. The maximum Gasteiger partial charge on any atom is 0.229 e. The van der Waals surface area contributed by atoms with Gasteiger partial charge in [0.1, 0.15) is 17.2 Å². The molecule has 0 aliphatic carbocycles. The minimum atomic E-state index is -1.75. The van der Waals surface area contributed by atoms with E-state index in [-0.39, 0.29) is 0 Å². The fourth-order valence-electron chi connectivity index (χ4n) is 2.94. The number of nitrogens with zero attached hydrogens (tertiary/aromatic N) is 2. The molecule has 0 saturated carbocycles. The van der Waals surface area contributed by atoms with Crippen LogP contribution in [0.2, 0.25) is 0 Å². The Balaban J connectivity index is 0.00000114. The Morgan fingerprint density at radius 2 is 2.06 bits per heavy atom. The zero-order valence-corrected chi connectivity index (χ0v) is 19.5. The second-order valence-corrected chi connectivity index (χ2v) is 7.68. The van der Waals surface area contributed by atoms with Gasteiger partial charge in [0.25, 0.3) is 0 Å². The Morgan fingerprint density at radius 1 is 1.28 bits per heavy atom. The SMILES string of the molecule is C=Cc1oc(-c2csc(Nc3ccc(OCCCCC)c(C)c3)n2)cc1C=NC.FCF.